The molecule has 0 spiro atoms. The Morgan fingerprint density at radius 1 is 0.931 bits per heavy atom. The summed E-state index contributed by atoms with van der Waals surface area (Å²) in [5, 5.41) is 3.26. The Kier molecular flexibility index (Phi) is 7.88. The molecule has 0 aromatic carbocycles. The summed E-state index contributed by atoms with van der Waals surface area (Å²) in [6.45, 7) is 12.9. The molecule has 1 aliphatic heterocycles. The minimum atomic E-state index is 0.387. The third-order valence-corrected chi connectivity index (χ3v) is 5.44. The van der Waals surface area contributed by atoms with Crippen molar-refractivity contribution < 1.29 is 4.74 Å². The summed E-state index contributed by atoms with van der Waals surface area (Å²) in [7, 11) is 1.63. The summed E-state index contributed by atoms with van der Waals surface area (Å²) in [6, 6.07) is 0.541. The highest BCUT2D eigenvalue weighted by atomic mass is 16.5. The molecule has 3 rings (SSSR count). The molecule has 29 heavy (non-hydrogen) atoms. The minimum Gasteiger partial charge on any atom is -0.468 e. The smallest absolute Gasteiger partial charge is 0.298 e. The Morgan fingerprint density at radius 3 is 2.31 bits per heavy atom. The standard InChI is InChI=1S/C20H36N8O/c1-4-6-8-22-19-24-17(21)16-18(25-19)28(20(23-16)29-3)11-7-10-27-14-12-26(9-5-2)13-15-27/h4-15H2,1-3H3,(H3,21,22,24,25). The van der Waals surface area contributed by atoms with Gasteiger partial charge >= 0.3 is 0 Å². The topological polar surface area (TPSA) is 97.4 Å². The maximum absolute atomic E-state index is 6.15. The average Bonchev–Trinajstić information content (AvgIpc) is 3.08. The number of hydrogen-bond acceptors (Lipinski definition) is 8. The van der Waals surface area contributed by atoms with Crippen LogP contribution < -0.4 is 15.8 Å². The molecule has 3 heterocycles. The normalized spacial score (nSPS) is 15.8. The molecule has 2 aromatic rings. The molecule has 0 atom stereocenters. The number of imidazole rings is 1. The number of ether oxygens (including phenoxy) is 1. The second kappa shape index (κ2) is 10.6. The lowest BCUT2D eigenvalue weighted by atomic mass is 10.2. The molecule has 3 N–H and O–H groups in total. The van der Waals surface area contributed by atoms with Crippen molar-refractivity contribution in [3.05, 3.63) is 0 Å². The number of methoxy groups -OCH3 is 1. The van der Waals surface area contributed by atoms with Crippen molar-refractivity contribution in [2.45, 2.75) is 46.1 Å². The first-order valence-electron chi connectivity index (χ1n) is 10.9. The fraction of sp³-hybridized carbons (Fsp3) is 0.750. The number of nitrogens with zero attached hydrogens (tertiary/aromatic N) is 6. The Labute approximate surface area is 173 Å². The van der Waals surface area contributed by atoms with Gasteiger partial charge < -0.3 is 25.6 Å². The lowest BCUT2D eigenvalue weighted by Gasteiger charge is -2.34. The lowest BCUT2D eigenvalue weighted by molar-refractivity contribution is 0.130. The van der Waals surface area contributed by atoms with Crippen LogP contribution in [0.1, 0.15) is 39.5 Å². The van der Waals surface area contributed by atoms with Crippen molar-refractivity contribution in [2.24, 2.45) is 0 Å². The molecule has 0 amide bonds. The Bertz CT molecular complexity index is 769. The summed E-state index contributed by atoms with van der Waals surface area (Å²) in [6.07, 6.45) is 4.42. The van der Waals surface area contributed by atoms with Crippen LogP contribution in [0, 0.1) is 0 Å². The van der Waals surface area contributed by atoms with Gasteiger partial charge in [-0.05, 0) is 32.4 Å². The van der Waals surface area contributed by atoms with Gasteiger partial charge in [0, 0.05) is 39.3 Å². The molecule has 0 saturated carbocycles. The lowest BCUT2D eigenvalue weighted by Crippen LogP contribution is -2.46. The van der Waals surface area contributed by atoms with Crippen molar-refractivity contribution in [3.8, 4) is 6.01 Å². The van der Waals surface area contributed by atoms with Crippen LogP contribution in [0.2, 0.25) is 0 Å². The predicted octanol–water partition coefficient (Wildman–Crippen LogP) is 2.05. The summed E-state index contributed by atoms with van der Waals surface area (Å²) in [5.74, 6) is 0.942. The second-order valence-electron chi connectivity index (χ2n) is 7.67. The van der Waals surface area contributed by atoms with E-state index < -0.39 is 0 Å². The molecule has 0 unspecified atom stereocenters. The van der Waals surface area contributed by atoms with Gasteiger partial charge in [0.25, 0.3) is 6.01 Å². The summed E-state index contributed by atoms with van der Waals surface area (Å²) < 4.78 is 7.51. The molecule has 1 aliphatic rings. The fourth-order valence-electron chi connectivity index (χ4n) is 3.82. The number of aromatic nitrogens is 4. The number of rotatable bonds is 11. The van der Waals surface area contributed by atoms with Gasteiger partial charge in [-0.3, -0.25) is 4.57 Å². The van der Waals surface area contributed by atoms with Gasteiger partial charge in [0.2, 0.25) is 5.95 Å². The van der Waals surface area contributed by atoms with Crippen molar-refractivity contribution >= 4 is 22.9 Å². The van der Waals surface area contributed by atoms with Gasteiger partial charge in [-0.15, -0.1) is 0 Å². The number of nitrogens with one attached hydrogen (secondary N) is 1. The molecule has 0 radical (unpaired) electrons. The molecule has 0 bridgehead atoms. The number of aryl methyl sites for hydroxylation is 1. The van der Waals surface area contributed by atoms with Gasteiger partial charge in [-0.1, -0.05) is 20.3 Å². The second-order valence-corrected chi connectivity index (χ2v) is 7.67. The van der Waals surface area contributed by atoms with E-state index in [1.807, 2.05) is 4.57 Å². The van der Waals surface area contributed by atoms with Crippen LogP contribution in [0.5, 0.6) is 6.01 Å². The summed E-state index contributed by atoms with van der Waals surface area (Å²) in [5.41, 5.74) is 7.49. The number of nitrogen functional groups attached to an aromatic ring is 1. The quantitative estimate of drug-likeness (QED) is 0.549. The molecular weight excluding hydrogens is 368 g/mol. The zero-order chi connectivity index (χ0) is 20.6. The van der Waals surface area contributed by atoms with E-state index in [4.69, 9.17) is 10.5 Å². The molecule has 9 nitrogen and oxygen atoms in total. The van der Waals surface area contributed by atoms with E-state index in [2.05, 4.69) is 43.9 Å². The van der Waals surface area contributed by atoms with E-state index in [1.165, 1.54) is 26.1 Å². The van der Waals surface area contributed by atoms with E-state index in [9.17, 15) is 0 Å². The molecule has 1 fully saturated rings. The van der Waals surface area contributed by atoms with Crippen molar-refractivity contribution in [1.82, 2.24) is 29.3 Å². The van der Waals surface area contributed by atoms with Crippen LogP contribution in [0.3, 0.4) is 0 Å². The van der Waals surface area contributed by atoms with Crippen LogP contribution in [0.15, 0.2) is 0 Å². The van der Waals surface area contributed by atoms with Crippen molar-refractivity contribution in [2.75, 3.05) is 64.0 Å². The number of fused-ring (bicyclic) bond motifs is 1. The van der Waals surface area contributed by atoms with Gasteiger partial charge in [0.15, 0.2) is 17.0 Å². The van der Waals surface area contributed by atoms with Crippen molar-refractivity contribution in [3.63, 3.8) is 0 Å². The molecule has 1 saturated heterocycles. The van der Waals surface area contributed by atoms with E-state index in [-0.39, 0.29) is 0 Å². The van der Waals surface area contributed by atoms with Crippen molar-refractivity contribution in [1.29, 1.82) is 0 Å². The number of piperazine rings is 1. The highest BCUT2D eigenvalue weighted by Crippen LogP contribution is 2.25. The molecular formula is C20H36N8O. The van der Waals surface area contributed by atoms with E-state index in [0.717, 1.165) is 57.6 Å². The average molecular weight is 405 g/mol. The third-order valence-electron chi connectivity index (χ3n) is 5.44. The van der Waals surface area contributed by atoms with Crippen LogP contribution in [0.25, 0.3) is 11.2 Å². The van der Waals surface area contributed by atoms with Gasteiger partial charge in [0.05, 0.1) is 7.11 Å². The molecule has 0 aliphatic carbocycles. The monoisotopic (exact) mass is 404 g/mol. The predicted molar refractivity (Wildman–Crippen MR) is 117 cm³/mol. The zero-order valence-corrected chi connectivity index (χ0v) is 18.2. The first-order chi connectivity index (χ1) is 14.2. The maximum atomic E-state index is 6.15. The van der Waals surface area contributed by atoms with Crippen LogP contribution in [-0.2, 0) is 6.54 Å². The molecule has 162 valence electrons. The SMILES string of the molecule is CCCCNc1nc(N)c2nc(OC)n(CCCN3CCN(CCC)CC3)c2n1. The van der Waals surface area contributed by atoms with Crippen LogP contribution in [0.4, 0.5) is 11.8 Å². The van der Waals surface area contributed by atoms with Gasteiger partial charge in [0.1, 0.15) is 0 Å². The van der Waals surface area contributed by atoms with E-state index >= 15 is 0 Å². The van der Waals surface area contributed by atoms with Crippen LogP contribution in [-0.4, -0.2) is 82.2 Å². The molecule has 2 aromatic heterocycles. The highest BCUT2D eigenvalue weighted by Gasteiger charge is 2.19. The number of nitrogens with two attached hydrogens (primary N) is 1. The summed E-state index contributed by atoms with van der Waals surface area (Å²) in [4.78, 5) is 18.6. The summed E-state index contributed by atoms with van der Waals surface area (Å²) >= 11 is 0. The Hall–Kier alpha value is -2.13. The zero-order valence-electron chi connectivity index (χ0n) is 18.2. The van der Waals surface area contributed by atoms with Crippen LogP contribution >= 0.6 is 0 Å². The number of anilines is 2. The van der Waals surface area contributed by atoms with E-state index in [1.54, 1.807) is 7.11 Å². The fourth-order valence-corrected chi connectivity index (χ4v) is 3.82. The highest BCUT2D eigenvalue weighted by molar-refractivity contribution is 5.84. The first kappa shape index (κ1) is 21.6. The maximum Gasteiger partial charge on any atom is 0.298 e. The number of hydrogen-bond donors (Lipinski definition) is 2. The number of unbranched alkanes of at least 4 members (excludes halogenated alkanes) is 1. The van der Waals surface area contributed by atoms with E-state index in [0.29, 0.717) is 23.3 Å². The van der Waals surface area contributed by atoms with Gasteiger partial charge in [-0.25, -0.2) is 0 Å². The Morgan fingerprint density at radius 2 is 1.66 bits per heavy atom. The first-order valence-corrected chi connectivity index (χ1v) is 10.9. The van der Waals surface area contributed by atoms with Gasteiger partial charge in [-0.2, -0.15) is 15.0 Å². The largest absolute Gasteiger partial charge is 0.468 e. The Balaban J connectivity index is 1.64. The minimum absolute atomic E-state index is 0.387. The third kappa shape index (κ3) is 5.48. The molecule has 9 heteroatoms.